The largest absolute Gasteiger partial charge is 0.491 e. The van der Waals surface area contributed by atoms with Crippen molar-refractivity contribution in [1.29, 1.82) is 0 Å². The highest BCUT2D eigenvalue weighted by Crippen LogP contribution is 2.16. The summed E-state index contributed by atoms with van der Waals surface area (Å²) in [6, 6.07) is 13.9. The molecule has 150 valence electrons. The van der Waals surface area contributed by atoms with E-state index in [0.29, 0.717) is 42.4 Å². The Bertz CT molecular complexity index is 774. The number of anilines is 1. The van der Waals surface area contributed by atoms with Crippen molar-refractivity contribution in [3.8, 4) is 5.75 Å². The van der Waals surface area contributed by atoms with Gasteiger partial charge in [-0.2, -0.15) is 0 Å². The third-order valence-electron chi connectivity index (χ3n) is 4.19. The monoisotopic (exact) mass is 384 g/mol. The fraction of sp³-hybridized carbons (Fsp3) is 0.364. The molecule has 28 heavy (non-hydrogen) atoms. The molecule has 0 saturated carbocycles. The van der Waals surface area contributed by atoms with Gasteiger partial charge in [0, 0.05) is 29.5 Å². The lowest BCUT2D eigenvalue weighted by atomic mass is 10.1. The molecule has 2 aromatic rings. The molecule has 6 nitrogen and oxygen atoms in total. The minimum atomic E-state index is -0.250. The van der Waals surface area contributed by atoms with Gasteiger partial charge >= 0.3 is 0 Å². The van der Waals surface area contributed by atoms with Crippen LogP contribution in [-0.4, -0.2) is 37.7 Å². The highest BCUT2D eigenvalue weighted by atomic mass is 16.5. The average molecular weight is 384 g/mol. The third-order valence-corrected chi connectivity index (χ3v) is 4.19. The van der Waals surface area contributed by atoms with Gasteiger partial charge in [-0.15, -0.1) is 0 Å². The molecule has 2 rings (SSSR count). The molecule has 0 aliphatic rings. The summed E-state index contributed by atoms with van der Waals surface area (Å²) < 4.78 is 10.8. The lowest BCUT2D eigenvalue weighted by molar-refractivity contribution is 0.0938. The Labute approximate surface area is 166 Å². The molecular weight excluding hydrogens is 356 g/mol. The number of nitrogens with one attached hydrogen (secondary N) is 2. The lowest BCUT2D eigenvalue weighted by Gasteiger charge is -2.12. The Kier molecular flexibility index (Phi) is 8.49. The van der Waals surface area contributed by atoms with E-state index >= 15 is 0 Å². The standard InChI is InChI=1S/C22H28N2O4/c1-4-16(3)23-22(26)18-7-6-8-19(15-18)24-21(25)17-9-11-20(12-10-17)28-14-13-27-5-2/h6-12,15-16H,4-5,13-14H2,1-3H3,(H,23,26)(H,24,25). The van der Waals surface area contributed by atoms with E-state index in [-0.39, 0.29) is 17.9 Å². The smallest absolute Gasteiger partial charge is 0.255 e. The zero-order valence-corrected chi connectivity index (χ0v) is 16.7. The number of carbonyl (C=O) groups excluding carboxylic acids is 2. The van der Waals surface area contributed by atoms with Gasteiger partial charge in [0.15, 0.2) is 0 Å². The van der Waals surface area contributed by atoms with Crippen molar-refractivity contribution in [2.45, 2.75) is 33.2 Å². The molecular formula is C22H28N2O4. The van der Waals surface area contributed by atoms with E-state index in [1.165, 1.54) is 0 Å². The molecule has 0 radical (unpaired) electrons. The minimum absolute atomic E-state index is 0.0972. The van der Waals surface area contributed by atoms with Crippen LogP contribution in [0.25, 0.3) is 0 Å². The van der Waals surface area contributed by atoms with Crippen molar-refractivity contribution in [2.75, 3.05) is 25.1 Å². The van der Waals surface area contributed by atoms with Gasteiger partial charge in [-0.3, -0.25) is 9.59 Å². The van der Waals surface area contributed by atoms with Crippen LogP contribution in [0.2, 0.25) is 0 Å². The van der Waals surface area contributed by atoms with Crippen LogP contribution in [0.5, 0.6) is 5.75 Å². The zero-order valence-electron chi connectivity index (χ0n) is 16.7. The predicted octanol–water partition coefficient (Wildman–Crippen LogP) is 3.88. The molecule has 2 aromatic carbocycles. The molecule has 2 N–H and O–H groups in total. The Hall–Kier alpha value is -2.86. The fourth-order valence-electron chi connectivity index (χ4n) is 2.42. The third kappa shape index (κ3) is 6.70. The van der Waals surface area contributed by atoms with Crippen LogP contribution in [0.1, 0.15) is 47.9 Å². The fourth-order valence-corrected chi connectivity index (χ4v) is 2.42. The minimum Gasteiger partial charge on any atom is -0.491 e. The first-order chi connectivity index (χ1) is 13.5. The maximum atomic E-state index is 12.5. The number of rotatable bonds is 10. The molecule has 1 unspecified atom stereocenters. The molecule has 0 heterocycles. The average Bonchev–Trinajstić information content (AvgIpc) is 2.71. The van der Waals surface area contributed by atoms with Gasteiger partial charge < -0.3 is 20.1 Å². The zero-order chi connectivity index (χ0) is 20.4. The normalized spacial score (nSPS) is 11.5. The molecule has 0 aliphatic carbocycles. The van der Waals surface area contributed by atoms with E-state index in [1.807, 2.05) is 20.8 Å². The quantitative estimate of drug-likeness (QED) is 0.610. The van der Waals surface area contributed by atoms with Crippen LogP contribution in [0.3, 0.4) is 0 Å². The van der Waals surface area contributed by atoms with Gasteiger partial charge in [-0.05, 0) is 62.7 Å². The van der Waals surface area contributed by atoms with E-state index in [9.17, 15) is 9.59 Å². The molecule has 2 amide bonds. The van der Waals surface area contributed by atoms with Gasteiger partial charge in [0.1, 0.15) is 12.4 Å². The number of hydrogen-bond acceptors (Lipinski definition) is 4. The lowest BCUT2D eigenvalue weighted by Crippen LogP contribution is -2.31. The van der Waals surface area contributed by atoms with Crippen molar-refractivity contribution in [1.82, 2.24) is 5.32 Å². The van der Waals surface area contributed by atoms with E-state index in [4.69, 9.17) is 9.47 Å². The van der Waals surface area contributed by atoms with E-state index in [2.05, 4.69) is 10.6 Å². The Morgan fingerprint density at radius 1 is 0.964 bits per heavy atom. The number of amides is 2. The van der Waals surface area contributed by atoms with Crippen molar-refractivity contribution in [2.24, 2.45) is 0 Å². The molecule has 0 aromatic heterocycles. The summed E-state index contributed by atoms with van der Waals surface area (Å²) in [4.78, 5) is 24.7. The summed E-state index contributed by atoms with van der Waals surface area (Å²) in [5, 5.41) is 5.73. The molecule has 0 fully saturated rings. The van der Waals surface area contributed by atoms with Gasteiger partial charge in [0.2, 0.25) is 0 Å². The summed E-state index contributed by atoms with van der Waals surface area (Å²) >= 11 is 0. The second-order valence-corrected chi connectivity index (χ2v) is 6.39. The molecule has 1 atom stereocenters. The highest BCUT2D eigenvalue weighted by Gasteiger charge is 2.11. The summed E-state index contributed by atoms with van der Waals surface area (Å²) in [6.45, 7) is 7.54. The molecule has 0 bridgehead atoms. The van der Waals surface area contributed by atoms with Crippen LogP contribution >= 0.6 is 0 Å². The number of benzene rings is 2. The Morgan fingerprint density at radius 3 is 2.39 bits per heavy atom. The summed E-state index contributed by atoms with van der Waals surface area (Å²) in [5.41, 5.74) is 1.58. The highest BCUT2D eigenvalue weighted by molar-refractivity contribution is 6.05. The summed E-state index contributed by atoms with van der Waals surface area (Å²) in [5.74, 6) is 0.277. The Morgan fingerprint density at radius 2 is 1.71 bits per heavy atom. The van der Waals surface area contributed by atoms with Crippen LogP contribution in [0.4, 0.5) is 5.69 Å². The first kappa shape index (κ1) is 21.4. The van der Waals surface area contributed by atoms with Gasteiger partial charge in [-0.1, -0.05) is 13.0 Å². The van der Waals surface area contributed by atoms with Crippen LogP contribution in [0, 0.1) is 0 Å². The maximum absolute atomic E-state index is 12.5. The second kappa shape index (κ2) is 11.1. The topological polar surface area (TPSA) is 76.7 Å². The van der Waals surface area contributed by atoms with Crippen LogP contribution in [0.15, 0.2) is 48.5 Å². The van der Waals surface area contributed by atoms with Crippen molar-refractivity contribution in [3.05, 3.63) is 59.7 Å². The number of ether oxygens (including phenoxy) is 2. The number of hydrogen-bond donors (Lipinski definition) is 2. The SMILES string of the molecule is CCOCCOc1ccc(C(=O)Nc2cccc(C(=O)NC(C)CC)c2)cc1. The van der Waals surface area contributed by atoms with E-state index in [1.54, 1.807) is 48.5 Å². The van der Waals surface area contributed by atoms with Gasteiger partial charge in [0.25, 0.3) is 11.8 Å². The van der Waals surface area contributed by atoms with Gasteiger partial charge in [-0.25, -0.2) is 0 Å². The molecule has 6 heteroatoms. The van der Waals surface area contributed by atoms with Gasteiger partial charge in [0.05, 0.1) is 6.61 Å². The van der Waals surface area contributed by atoms with Crippen molar-refractivity contribution < 1.29 is 19.1 Å². The molecule has 0 spiro atoms. The predicted molar refractivity (Wildman–Crippen MR) is 110 cm³/mol. The van der Waals surface area contributed by atoms with Crippen LogP contribution < -0.4 is 15.4 Å². The van der Waals surface area contributed by atoms with Crippen molar-refractivity contribution >= 4 is 17.5 Å². The van der Waals surface area contributed by atoms with Crippen molar-refractivity contribution in [3.63, 3.8) is 0 Å². The molecule has 0 aliphatic heterocycles. The maximum Gasteiger partial charge on any atom is 0.255 e. The number of carbonyl (C=O) groups is 2. The summed E-state index contributed by atoms with van der Waals surface area (Å²) in [6.07, 6.45) is 0.855. The second-order valence-electron chi connectivity index (χ2n) is 6.39. The molecule has 0 saturated heterocycles. The van der Waals surface area contributed by atoms with Crippen LogP contribution in [-0.2, 0) is 4.74 Å². The summed E-state index contributed by atoms with van der Waals surface area (Å²) in [7, 11) is 0. The first-order valence-electron chi connectivity index (χ1n) is 9.56. The van der Waals surface area contributed by atoms with E-state index in [0.717, 1.165) is 6.42 Å². The Balaban J connectivity index is 1.95. The first-order valence-corrected chi connectivity index (χ1v) is 9.56. The van der Waals surface area contributed by atoms with E-state index < -0.39 is 0 Å².